The molecule has 21 heavy (non-hydrogen) atoms. The van der Waals surface area contributed by atoms with Crippen molar-refractivity contribution in [2.75, 3.05) is 0 Å². The van der Waals surface area contributed by atoms with E-state index in [2.05, 4.69) is 10.3 Å². The summed E-state index contributed by atoms with van der Waals surface area (Å²) in [6.07, 6.45) is 3.20. The largest absolute Gasteiger partial charge is 0.480 e. The van der Waals surface area contributed by atoms with Crippen molar-refractivity contribution >= 4 is 23.2 Å². The third-order valence-corrected chi connectivity index (χ3v) is 3.85. The van der Waals surface area contributed by atoms with Gasteiger partial charge in [-0.15, -0.1) is 11.3 Å². The van der Waals surface area contributed by atoms with Gasteiger partial charge in [-0.3, -0.25) is 4.79 Å². The first-order chi connectivity index (χ1) is 9.97. The van der Waals surface area contributed by atoms with Gasteiger partial charge in [0.25, 0.3) is 0 Å². The van der Waals surface area contributed by atoms with Crippen LogP contribution in [0.3, 0.4) is 0 Å². The molecule has 0 spiro atoms. The van der Waals surface area contributed by atoms with E-state index >= 15 is 0 Å². The summed E-state index contributed by atoms with van der Waals surface area (Å²) in [6.45, 7) is 3.50. The molecule has 112 valence electrons. The van der Waals surface area contributed by atoms with Gasteiger partial charge in [0.1, 0.15) is 17.3 Å². The van der Waals surface area contributed by atoms with Gasteiger partial charge in [-0.2, -0.15) is 0 Å². The van der Waals surface area contributed by atoms with Crippen molar-refractivity contribution in [2.45, 2.75) is 26.3 Å². The fraction of sp³-hybridized carbons (Fsp3) is 0.357. The van der Waals surface area contributed by atoms with E-state index in [9.17, 15) is 9.59 Å². The molecule has 6 nitrogen and oxygen atoms in total. The van der Waals surface area contributed by atoms with Crippen molar-refractivity contribution in [3.63, 3.8) is 0 Å². The minimum absolute atomic E-state index is 0.0604. The molecule has 0 saturated heterocycles. The number of aromatic nitrogens is 1. The second-order valence-electron chi connectivity index (χ2n) is 4.96. The van der Waals surface area contributed by atoms with Gasteiger partial charge >= 0.3 is 5.97 Å². The van der Waals surface area contributed by atoms with Crippen molar-refractivity contribution in [3.05, 3.63) is 29.7 Å². The number of hydrogen-bond donors (Lipinski definition) is 2. The van der Waals surface area contributed by atoms with Crippen molar-refractivity contribution in [3.8, 4) is 10.6 Å². The number of furan rings is 1. The molecular weight excluding hydrogens is 292 g/mol. The Morgan fingerprint density at radius 1 is 1.48 bits per heavy atom. The van der Waals surface area contributed by atoms with Crippen LogP contribution in [0.4, 0.5) is 0 Å². The molecule has 0 aliphatic heterocycles. The van der Waals surface area contributed by atoms with E-state index in [1.165, 1.54) is 11.3 Å². The SMILES string of the molecule is CC(C)C(NC(=O)Cc1csc(-c2ccoc2)n1)C(=O)O. The third kappa shape index (κ3) is 3.91. The summed E-state index contributed by atoms with van der Waals surface area (Å²) in [5, 5.41) is 14.1. The first-order valence-electron chi connectivity index (χ1n) is 6.46. The van der Waals surface area contributed by atoms with E-state index in [4.69, 9.17) is 9.52 Å². The van der Waals surface area contributed by atoms with Gasteiger partial charge in [0.15, 0.2) is 0 Å². The predicted octanol–water partition coefficient (Wildman–Crippen LogP) is 2.17. The number of amides is 1. The summed E-state index contributed by atoms with van der Waals surface area (Å²) >= 11 is 1.41. The third-order valence-electron chi connectivity index (χ3n) is 2.91. The van der Waals surface area contributed by atoms with Crippen LogP contribution in [-0.2, 0) is 16.0 Å². The number of hydrogen-bond acceptors (Lipinski definition) is 5. The van der Waals surface area contributed by atoms with Gasteiger partial charge < -0.3 is 14.8 Å². The van der Waals surface area contributed by atoms with Crippen LogP contribution in [-0.4, -0.2) is 28.0 Å². The topological polar surface area (TPSA) is 92.4 Å². The van der Waals surface area contributed by atoms with Crippen LogP contribution in [0, 0.1) is 5.92 Å². The normalized spacial score (nSPS) is 12.3. The highest BCUT2D eigenvalue weighted by molar-refractivity contribution is 7.13. The molecule has 0 aromatic carbocycles. The first kappa shape index (κ1) is 15.2. The second-order valence-corrected chi connectivity index (χ2v) is 5.82. The Labute approximate surface area is 125 Å². The summed E-state index contributed by atoms with van der Waals surface area (Å²) < 4.78 is 4.99. The van der Waals surface area contributed by atoms with E-state index in [-0.39, 0.29) is 18.2 Å². The van der Waals surface area contributed by atoms with Crippen LogP contribution in [0.5, 0.6) is 0 Å². The van der Waals surface area contributed by atoms with Crippen molar-refractivity contribution < 1.29 is 19.1 Å². The number of thiazole rings is 1. The zero-order valence-corrected chi connectivity index (χ0v) is 12.5. The second kappa shape index (κ2) is 6.53. The predicted molar refractivity (Wildman–Crippen MR) is 77.9 cm³/mol. The highest BCUT2D eigenvalue weighted by atomic mass is 32.1. The molecule has 7 heteroatoms. The lowest BCUT2D eigenvalue weighted by molar-refractivity contribution is -0.143. The summed E-state index contributed by atoms with van der Waals surface area (Å²) in [7, 11) is 0. The Hall–Kier alpha value is -2.15. The Morgan fingerprint density at radius 2 is 2.24 bits per heavy atom. The molecule has 0 fully saturated rings. The average Bonchev–Trinajstić information content (AvgIpc) is 3.05. The lowest BCUT2D eigenvalue weighted by Gasteiger charge is -2.17. The van der Waals surface area contributed by atoms with Gasteiger partial charge in [0.05, 0.1) is 18.4 Å². The highest BCUT2D eigenvalue weighted by Crippen LogP contribution is 2.24. The maximum absolute atomic E-state index is 11.9. The lowest BCUT2D eigenvalue weighted by Crippen LogP contribution is -2.44. The number of nitrogens with zero attached hydrogens (tertiary/aromatic N) is 1. The molecule has 1 unspecified atom stereocenters. The lowest BCUT2D eigenvalue weighted by atomic mass is 10.0. The number of carbonyl (C=O) groups excluding carboxylic acids is 1. The van der Waals surface area contributed by atoms with E-state index in [1.807, 2.05) is 0 Å². The van der Waals surface area contributed by atoms with Gasteiger partial charge in [-0.05, 0) is 12.0 Å². The van der Waals surface area contributed by atoms with Crippen LogP contribution >= 0.6 is 11.3 Å². The fourth-order valence-corrected chi connectivity index (χ4v) is 2.62. The molecule has 2 aromatic heterocycles. The maximum atomic E-state index is 11.9. The smallest absolute Gasteiger partial charge is 0.326 e. The zero-order valence-electron chi connectivity index (χ0n) is 11.7. The summed E-state index contributed by atoms with van der Waals surface area (Å²) in [5.74, 6) is -1.56. The Bertz CT molecular complexity index is 619. The van der Waals surface area contributed by atoms with Gasteiger partial charge in [-0.1, -0.05) is 13.8 Å². The van der Waals surface area contributed by atoms with Crippen LogP contribution in [0.2, 0.25) is 0 Å². The maximum Gasteiger partial charge on any atom is 0.326 e. The molecule has 2 N–H and O–H groups in total. The molecule has 2 heterocycles. The molecular formula is C14H16N2O4S. The number of carboxylic acids is 1. The minimum Gasteiger partial charge on any atom is -0.480 e. The number of aliphatic carboxylic acids is 1. The number of rotatable bonds is 6. The molecule has 2 aromatic rings. The first-order valence-corrected chi connectivity index (χ1v) is 7.34. The van der Waals surface area contributed by atoms with Crippen LogP contribution < -0.4 is 5.32 Å². The fourth-order valence-electron chi connectivity index (χ4n) is 1.81. The molecule has 0 bridgehead atoms. The summed E-state index contributed by atoms with van der Waals surface area (Å²) in [4.78, 5) is 27.3. The molecule has 0 aliphatic carbocycles. The molecule has 1 amide bonds. The van der Waals surface area contributed by atoms with Crippen molar-refractivity contribution in [1.29, 1.82) is 0 Å². The molecule has 0 aliphatic rings. The Morgan fingerprint density at radius 3 is 2.81 bits per heavy atom. The van der Waals surface area contributed by atoms with Crippen LogP contribution in [0.1, 0.15) is 19.5 Å². The van der Waals surface area contributed by atoms with Gasteiger partial charge in [0.2, 0.25) is 5.91 Å². The van der Waals surface area contributed by atoms with Crippen molar-refractivity contribution in [1.82, 2.24) is 10.3 Å². The number of carboxylic acid groups (broad SMARTS) is 1. The van der Waals surface area contributed by atoms with Crippen LogP contribution in [0.15, 0.2) is 28.4 Å². The quantitative estimate of drug-likeness (QED) is 0.853. The standard InChI is InChI=1S/C14H16N2O4S/c1-8(2)12(14(18)19)16-11(17)5-10-7-21-13(15-10)9-3-4-20-6-9/h3-4,6-8,12H,5H2,1-2H3,(H,16,17)(H,18,19). The Balaban J connectivity index is 1.98. The van der Waals surface area contributed by atoms with Gasteiger partial charge in [-0.25, -0.2) is 9.78 Å². The van der Waals surface area contributed by atoms with Gasteiger partial charge in [0, 0.05) is 10.9 Å². The van der Waals surface area contributed by atoms with E-state index in [1.54, 1.807) is 37.8 Å². The van der Waals surface area contributed by atoms with Crippen molar-refractivity contribution in [2.24, 2.45) is 5.92 Å². The summed E-state index contributed by atoms with van der Waals surface area (Å²) in [5.41, 5.74) is 1.47. The Kier molecular flexibility index (Phi) is 4.74. The minimum atomic E-state index is -1.03. The molecule has 1 atom stereocenters. The summed E-state index contributed by atoms with van der Waals surface area (Å²) in [6, 6.07) is 0.909. The van der Waals surface area contributed by atoms with E-state index in [0.29, 0.717) is 5.69 Å². The monoisotopic (exact) mass is 308 g/mol. The number of carbonyl (C=O) groups is 2. The van der Waals surface area contributed by atoms with Crippen LogP contribution in [0.25, 0.3) is 10.6 Å². The highest BCUT2D eigenvalue weighted by Gasteiger charge is 2.23. The molecule has 0 saturated carbocycles. The molecule has 0 radical (unpaired) electrons. The molecule has 2 rings (SSSR count). The number of nitrogens with one attached hydrogen (secondary N) is 1. The average molecular weight is 308 g/mol. The van der Waals surface area contributed by atoms with E-state index in [0.717, 1.165) is 10.6 Å². The zero-order chi connectivity index (χ0) is 15.4. The van der Waals surface area contributed by atoms with E-state index < -0.39 is 12.0 Å².